The summed E-state index contributed by atoms with van der Waals surface area (Å²) in [5.74, 6) is 0. The molecule has 0 fully saturated rings. The maximum atomic E-state index is 6.49. The molecule has 0 aromatic heterocycles. The van der Waals surface area contributed by atoms with E-state index in [1.54, 1.807) is 0 Å². The Morgan fingerprint density at radius 3 is 1.40 bits per heavy atom. The molecule has 0 amide bonds. The molecular formula is C38H68N4. The van der Waals surface area contributed by atoms with E-state index in [-0.39, 0.29) is 27.8 Å². The first-order valence-corrected chi connectivity index (χ1v) is 16.4. The first kappa shape index (κ1) is 38.3. The van der Waals surface area contributed by atoms with Gasteiger partial charge in [0.15, 0.2) is 0 Å². The molecule has 2 aromatic rings. The van der Waals surface area contributed by atoms with E-state index in [1.165, 1.54) is 39.8 Å². The third kappa shape index (κ3) is 14.6. The molecule has 0 saturated heterocycles. The molecule has 2 aromatic carbocycles. The quantitative estimate of drug-likeness (QED) is 0.201. The zero-order valence-electron chi connectivity index (χ0n) is 29.6. The molecule has 0 aliphatic rings. The Bertz CT molecular complexity index is 1060. The lowest BCUT2D eigenvalue weighted by Crippen LogP contribution is -2.35. The lowest BCUT2D eigenvalue weighted by Gasteiger charge is -2.30. The van der Waals surface area contributed by atoms with Gasteiger partial charge < -0.3 is 22.5 Å². The highest BCUT2D eigenvalue weighted by atomic mass is 14.9. The van der Waals surface area contributed by atoms with Crippen molar-refractivity contribution in [2.24, 2.45) is 22.6 Å². The lowest BCUT2D eigenvalue weighted by atomic mass is 9.78. The Labute approximate surface area is 261 Å². The SMILES string of the molecule is CC(C)(C)NCc1cc(CCCCN)cc(C(C)(C)C)c1.CC(C)(C)c1cc(CCCCN)cc(C(N)C(C)(C)C)c1. The number of aryl methyl sites for hydroxylation is 2. The molecular weight excluding hydrogens is 512 g/mol. The van der Waals surface area contributed by atoms with Crippen LogP contribution in [0.15, 0.2) is 36.4 Å². The van der Waals surface area contributed by atoms with Gasteiger partial charge in [0.25, 0.3) is 0 Å². The number of benzene rings is 2. The Balaban J connectivity index is 0.000000420. The zero-order chi connectivity index (χ0) is 32.4. The summed E-state index contributed by atoms with van der Waals surface area (Å²) < 4.78 is 0. The summed E-state index contributed by atoms with van der Waals surface area (Å²) in [7, 11) is 0. The standard InChI is InChI=1S/2C19H34N2/c1-18(2,3)17-12-15(9-7-8-10-20)11-16(13-17)14-21-19(4,5)6;1-18(2,3)16-12-14(9-7-8-10-20)11-15(13-16)17(21)19(4,5)6/h11-13,21H,7-10,14,20H2,1-6H3;11-13,17H,7-10,20-21H2,1-6H3. The second kappa shape index (κ2) is 16.4. The van der Waals surface area contributed by atoms with Gasteiger partial charge in [0, 0.05) is 18.1 Å². The van der Waals surface area contributed by atoms with Crippen LogP contribution in [0.2, 0.25) is 0 Å². The van der Waals surface area contributed by atoms with Crippen LogP contribution < -0.4 is 22.5 Å². The highest BCUT2D eigenvalue weighted by Crippen LogP contribution is 2.34. The molecule has 0 aliphatic heterocycles. The first-order valence-electron chi connectivity index (χ1n) is 16.4. The lowest BCUT2D eigenvalue weighted by molar-refractivity contribution is 0.326. The Kier molecular flexibility index (Phi) is 14.9. The van der Waals surface area contributed by atoms with Crippen LogP contribution in [0, 0.1) is 5.41 Å². The maximum Gasteiger partial charge on any atom is 0.0344 e. The van der Waals surface area contributed by atoms with Crippen LogP contribution in [-0.2, 0) is 30.2 Å². The van der Waals surface area contributed by atoms with Crippen LogP contribution >= 0.6 is 0 Å². The van der Waals surface area contributed by atoms with Crippen LogP contribution in [0.1, 0.15) is 148 Å². The third-order valence-electron chi connectivity index (χ3n) is 7.75. The fraction of sp³-hybridized carbons (Fsp3) is 0.684. The number of hydrogen-bond donors (Lipinski definition) is 4. The Hall–Kier alpha value is -1.72. The van der Waals surface area contributed by atoms with Gasteiger partial charge in [0.2, 0.25) is 0 Å². The first-order chi connectivity index (χ1) is 19.2. The highest BCUT2D eigenvalue weighted by Gasteiger charge is 2.25. The van der Waals surface area contributed by atoms with Gasteiger partial charge in [-0.1, -0.05) is 98.7 Å². The maximum absolute atomic E-state index is 6.49. The molecule has 1 unspecified atom stereocenters. The summed E-state index contributed by atoms with van der Waals surface area (Å²) in [4.78, 5) is 0. The van der Waals surface area contributed by atoms with Crippen LogP contribution in [0.3, 0.4) is 0 Å². The molecule has 4 nitrogen and oxygen atoms in total. The number of nitrogens with one attached hydrogen (secondary N) is 1. The van der Waals surface area contributed by atoms with Gasteiger partial charge in [0.1, 0.15) is 0 Å². The second-order valence-electron chi connectivity index (χ2n) is 16.4. The van der Waals surface area contributed by atoms with E-state index < -0.39 is 0 Å². The average Bonchev–Trinajstić information content (AvgIpc) is 2.85. The van der Waals surface area contributed by atoms with Crippen LogP contribution in [-0.4, -0.2) is 18.6 Å². The summed E-state index contributed by atoms with van der Waals surface area (Å²) in [6, 6.07) is 14.1. The minimum Gasteiger partial charge on any atom is -0.330 e. The Morgan fingerprint density at radius 1 is 0.571 bits per heavy atom. The third-order valence-corrected chi connectivity index (χ3v) is 7.75. The van der Waals surface area contributed by atoms with Gasteiger partial charge >= 0.3 is 0 Å². The van der Waals surface area contributed by atoms with Gasteiger partial charge in [0.05, 0.1) is 0 Å². The molecule has 7 N–H and O–H groups in total. The van der Waals surface area contributed by atoms with Crippen molar-refractivity contribution in [1.29, 1.82) is 0 Å². The van der Waals surface area contributed by atoms with Gasteiger partial charge in [-0.3, -0.25) is 0 Å². The van der Waals surface area contributed by atoms with E-state index in [1.807, 2.05) is 0 Å². The summed E-state index contributed by atoms with van der Waals surface area (Å²) >= 11 is 0. The van der Waals surface area contributed by atoms with E-state index in [0.717, 1.165) is 51.7 Å². The highest BCUT2D eigenvalue weighted by molar-refractivity contribution is 5.37. The van der Waals surface area contributed by atoms with E-state index in [2.05, 4.69) is 125 Å². The smallest absolute Gasteiger partial charge is 0.0344 e. The van der Waals surface area contributed by atoms with Crippen molar-refractivity contribution < 1.29 is 0 Å². The fourth-order valence-corrected chi connectivity index (χ4v) is 4.73. The number of hydrogen-bond acceptors (Lipinski definition) is 4. The molecule has 240 valence electrons. The van der Waals surface area contributed by atoms with E-state index in [9.17, 15) is 0 Å². The summed E-state index contributed by atoms with van der Waals surface area (Å²) in [5.41, 5.74) is 26.6. The molecule has 2 rings (SSSR count). The fourth-order valence-electron chi connectivity index (χ4n) is 4.73. The van der Waals surface area contributed by atoms with Gasteiger partial charge in [-0.15, -0.1) is 0 Å². The van der Waals surface area contributed by atoms with Gasteiger partial charge in [-0.05, 0) is 122 Å². The normalized spacial score (nSPS) is 13.5. The van der Waals surface area contributed by atoms with Crippen molar-refractivity contribution in [2.75, 3.05) is 13.1 Å². The molecule has 4 heteroatoms. The Morgan fingerprint density at radius 2 is 1.00 bits per heavy atom. The van der Waals surface area contributed by atoms with Crippen molar-refractivity contribution in [3.63, 3.8) is 0 Å². The van der Waals surface area contributed by atoms with Crippen molar-refractivity contribution in [2.45, 2.75) is 151 Å². The number of rotatable bonds is 11. The van der Waals surface area contributed by atoms with Crippen molar-refractivity contribution in [1.82, 2.24) is 5.32 Å². The second-order valence-corrected chi connectivity index (χ2v) is 16.4. The van der Waals surface area contributed by atoms with Gasteiger partial charge in [-0.2, -0.15) is 0 Å². The summed E-state index contributed by atoms with van der Waals surface area (Å²) in [5, 5.41) is 3.59. The monoisotopic (exact) mass is 581 g/mol. The van der Waals surface area contributed by atoms with Crippen molar-refractivity contribution in [3.8, 4) is 0 Å². The number of nitrogens with two attached hydrogens (primary N) is 3. The van der Waals surface area contributed by atoms with Crippen LogP contribution in [0.4, 0.5) is 0 Å². The summed E-state index contributed by atoms with van der Waals surface area (Å²) in [6.07, 6.45) is 6.73. The molecule has 0 saturated carbocycles. The van der Waals surface area contributed by atoms with E-state index in [4.69, 9.17) is 17.2 Å². The molecule has 42 heavy (non-hydrogen) atoms. The minimum atomic E-state index is 0.0630. The van der Waals surface area contributed by atoms with Crippen LogP contribution in [0.5, 0.6) is 0 Å². The predicted octanol–water partition coefficient (Wildman–Crippen LogP) is 8.47. The molecule has 0 heterocycles. The van der Waals surface area contributed by atoms with Crippen molar-refractivity contribution in [3.05, 3.63) is 69.8 Å². The predicted molar refractivity (Wildman–Crippen MR) is 187 cm³/mol. The zero-order valence-corrected chi connectivity index (χ0v) is 29.6. The molecule has 0 radical (unpaired) electrons. The van der Waals surface area contributed by atoms with E-state index >= 15 is 0 Å². The number of unbranched alkanes of at least 4 members (excludes halogenated alkanes) is 2. The minimum absolute atomic E-state index is 0.0630. The molecule has 0 bridgehead atoms. The molecule has 0 aliphatic carbocycles. The van der Waals surface area contributed by atoms with Crippen LogP contribution in [0.25, 0.3) is 0 Å². The van der Waals surface area contributed by atoms with Crippen molar-refractivity contribution >= 4 is 0 Å². The topological polar surface area (TPSA) is 90.1 Å². The molecule has 0 spiro atoms. The summed E-state index contributed by atoms with van der Waals surface area (Å²) in [6.45, 7) is 29.4. The average molecular weight is 581 g/mol. The largest absolute Gasteiger partial charge is 0.330 e. The van der Waals surface area contributed by atoms with Gasteiger partial charge in [-0.25, -0.2) is 0 Å². The van der Waals surface area contributed by atoms with E-state index in [0.29, 0.717) is 0 Å². The molecule has 1 atom stereocenters.